The number of rotatable bonds is 5. The molecule has 0 bridgehead atoms. The summed E-state index contributed by atoms with van der Waals surface area (Å²) >= 11 is 6.12. The first-order chi connectivity index (χ1) is 9.19. The lowest BCUT2D eigenvalue weighted by atomic mass is 10.3. The maximum Gasteiger partial charge on any atom is 0.138 e. The summed E-state index contributed by atoms with van der Waals surface area (Å²) in [6.45, 7) is 5.04. The van der Waals surface area contributed by atoms with Crippen molar-refractivity contribution in [2.75, 3.05) is 11.9 Å². The van der Waals surface area contributed by atoms with Crippen molar-refractivity contribution in [3.8, 4) is 5.75 Å². The van der Waals surface area contributed by atoms with E-state index in [-0.39, 0.29) is 0 Å². The Kier molecular flexibility index (Phi) is 4.58. The number of aromatic nitrogens is 2. The highest BCUT2D eigenvalue weighted by Gasteiger charge is 2.03. The molecule has 19 heavy (non-hydrogen) atoms. The van der Waals surface area contributed by atoms with E-state index in [9.17, 15) is 0 Å². The summed E-state index contributed by atoms with van der Waals surface area (Å²) in [4.78, 5) is 8.39. The topological polar surface area (TPSA) is 47.0 Å². The van der Waals surface area contributed by atoms with Gasteiger partial charge in [-0.3, -0.25) is 0 Å². The van der Waals surface area contributed by atoms with Crippen LogP contribution in [-0.4, -0.2) is 16.6 Å². The van der Waals surface area contributed by atoms with Gasteiger partial charge in [-0.15, -0.1) is 0 Å². The van der Waals surface area contributed by atoms with Gasteiger partial charge in [0.05, 0.1) is 23.9 Å². The van der Waals surface area contributed by atoms with Gasteiger partial charge < -0.3 is 10.1 Å². The van der Waals surface area contributed by atoms with Crippen LogP contribution in [0.2, 0.25) is 5.02 Å². The zero-order valence-electron chi connectivity index (χ0n) is 11.0. The van der Waals surface area contributed by atoms with Gasteiger partial charge in [-0.25, -0.2) is 9.97 Å². The van der Waals surface area contributed by atoms with Crippen LogP contribution in [0, 0.1) is 6.92 Å². The zero-order chi connectivity index (χ0) is 13.7. The summed E-state index contributed by atoms with van der Waals surface area (Å²) in [6.07, 6.45) is 1.75. The molecule has 0 spiro atoms. The molecule has 1 aromatic heterocycles. The first-order valence-electron chi connectivity index (χ1n) is 6.14. The van der Waals surface area contributed by atoms with Gasteiger partial charge >= 0.3 is 0 Å². The fraction of sp³-hybridized carbons (Fsp3) is 0.286. The first kappa shape index (κ1) is 13.6. The van der Waals surface area contributed by atoms with Gasteiger partial charge in [0.25, 0.3) is 0 Å². The Morgan fingerprint density at radius 3 is 2.84 bits per heavy atom. The summed E-state index contributed by atoms with van der Waals surface area (Å²) in [6, 6.07) is 7.53. The van der Waals surface area contributed by atoms with E-state index in [4.69, 9.17) is 16.3 Å². The fourth-order valence-corrected chi connectivity index (χ4v) is 1.91. The van der Waals surface area contributed by atoms with Gasteiger partial charge in [-0.1, -0.05) is 11.6 Å². The molecular formula is C14H16ClN3O. The Hall–Kier alpha value is -1.81. The summed E-state index contributed by atoms with van der Waals surface area (Å²) in [5.74, 6) is 1.47. The van der Waals surface area contributed by atoms with Gasteiger partial charge in [0.1, 0.15) is 11.6 Å². The predicted octanol–water partition coefficient (Wildman–Crippen LogP) is 3.45. The minimum Gasteiger partial charge on any atom is -0.492 e. The second-order valence-corrected chi connectivity index (χ2v) is 4.43. The van der Waals surface area contributed by atoms with Crippen molar-refractivity contribution in [3.05, 3.63) is 47.0 Å². The molecule has 0 unspecified atom stereocenters. The SMILES string of the molecule is CCOc1ccc(NCc2ccnc(C)n2)cc1Cl. The standard InChI is InChI=1S/C14H16ClN3O/c1-3-19-14-5-4-11(8-13(14)15)17-9-12-6-7-16-10(2)18-12/h4-8,17H,3,9H2,1-2H3. The molecule has 0 aliphatic heterocycles. The van der Waals surface area contributed by atoms with Crippen LogP contribution in [0.1, 0.15) is 18.4 Å². The quantitative estimate of drug-likeness (QED) is 0.909. The van der Waals surface area contributed by atoms with E-state index >= 15 is 0 Å². The molecule has 100 valence electrons. The molecule has 0 aliphatic rings. The molecule has 2 rings (SSSR count). The largest absolute Gasteiger partial charge is 0.492 e. The third kappa shape index (κ3) is 3.83. The highest BCUT2D eigenvalue weighted by atomic mass is 35.5. The number of anilines is 1. The number of nitrogens with one attached hydrogen (secondary N) is 1. The molecule has 0 aliphatic carbocycles. The van der Waals surface area contributed by atoms with Gasteiger partial charge in [0, 0.05) is 11.9 Å². The number of hydrogen-bond acceptors (Lipinski definition) is 4. The van der Waals surface area contributed by atoms with E-state index in [0.717, 1.165) is 17.2 Å². The average Bonchev–Trinajstić information content (AvgIpc) is 2.39. The Labute approximate surface area is 117 Å². The van der Waals surface area contributed by atoms with Gasteiger partial charge in [-0.05, 0) is 38.1 Å². The molecule has 0 saturated heterocycles. The van der Waals surface area contributed by atoms with Crippen LogP contribution in [0.3, 0.4) is 0 Å². The van der Waals surface area contributed by atoms with Crippen LogP contribution >= 0.6 is 11.6 Å². The van der Waals surface area contributed by atoms with Crippen molar-refractivity contribution >= 4 is 17.3 Å². The van der Waals surface area contributed by atoms with Gasteiger partial charge in [0.15, 0.2) is 0 Å². The van der Waals surface area contributed by atoms with E-state index in [1.54, 1.807) is 6.20 Å². The molecule has 1 aromatic carbocycles. The normalized spacial score (nSPS) is 10.3. The second-order valence-electron chi connectivity index (χ2n) is 4.03. The Balaban J connectivity index is 2.02. The van der Waals surface area contributed by atoms with Crippen LogP contribution in [0.4, 0.5) is 5.69 Å². The van der Waals surface area contributed by atoms with Crippen molar-refractivity contribution in [1.82, 2.24) is 9.97 Å². The van der Waals surface area contributed by atoms with Crippen LogP contribution in [-0.2, 0) is 6.54 Å². The number of ether oxygens (including phenoxy) is 1. The second kappa shape index (κ2) is 6.38. The van der Waals surface area contributed by atoms with Crippen molar-refractivity contribution in [2.45, 2.75) is 20.4 Å². The number of benzene rings is 1. The smallest absolute Gasteiger partial charge is 0.138 e. The minimum absolute atomic E-state index is 0.603. The van der Waals surface area contributed by atoms with E-state index in [2.05, 4.69) is 15.3 Å². The summed E-state index contributed by atoms with van der Waals surface area (Å²) in [5.41, 5.74) is 1.88. The lowest BCUT2D eigenvalue weighted by Crippen LogP contribution is -2.03. The molecule has 1 heterocycles. The lowest BCUT2D eigenvalue weighted by Gasteiger charge is -2.09. The van der Waals surface area contributed by atoms with Crippen molar-refractivity contribution < 1.29 is 4.74 Å². The monoisotopic (exact) mass is 277 g/mol. The highest BCUT2D eigenvalue weighted by molar-refractivity contribution is 6.32. The number of nitrogens with zero attached hydrogens (tertiary/aromatic N) is 2. The van der Waals surface area contributed by atoms with Crippen LogP contribution in [0.25, 0.3) is 0 Å². The average molecular weight is 278 g/mol. The maximum absolute atomic E-state index is 6.12. The van der Waals surface area contributed by atoms with Crippen molar-refractivity contribution in [1.29, 1.82) is 0 Å². The van der Waals surface area contributed by atoms with Crippen molar-refractivity contribution in [2.24, 2.45) is 0 Å². The van der Waals surface area contributed by atoms with E-state index in [1.807, 2.05) is 38.1 Å². The van der Waals surface area contributed by atoms with E-state index in [1.165, 1.54) is 0 Å². The highest BCUT2D eigenvalue weighted by Crippen LogP contribution is 2.27. The number of halogens is 1. The zero-order valence-corrected chi connectivity index (χ0v) is 11.7. The number of aryl methyl sites for hydroxylation is 1. The Morgan fingerprint density at radius 2 is 2.16 bits per heavy atom. The van der Waals surface area contributed by atoms with E-state index in [0.29, 0.717) is 23.9 Å². The van der Waals surface area contributed by atoms with Crippen LogP contribution in [0.15, 0.2) is 30.5 Å². The third-order valence-electron chi connectivity index (χ3n) is 2.54. The first-order valence-corrected chi connectivity index (χ1v) is 6.51. The van der Waals surface area contributed by atoms with E-state index < -0.39 is 0 Å². The maximum atomic E-state index is 6.12. The Morgan fingerprint density at radius 1 is 1.32 bits per heavy atom. The molecule has 0 saturated carbocycles. The molecule has 5 heteroatoms. The molecular weight excluding hydrogens is 262 g/mol. The van der Waals surface area contributed by atoms with Crippen LogP contribution < -0.4 is 10.1 Å². The summed E-state index contributed by atoms with van der Waals surface area (Å²) in [7, 11) is 0. The molecule has 0 amide bonds. The van der Waals surface area contributed by atoms with Crippen LogP contribution in [0.5, 0.6) is 5.75 Å². The molecule has 1 N–H and O–H groups in total. The minimum atomic E-state index is 0.603. The molecule has 0 atom stereocenters. The molecule has 4 nitrogen and oxygen atoms in total. The third-order valence-corrected chi connectivity index (χ3v) is 2.83. The Bertz CT molecular complexity index is 560. The molecule has 0 fully saturated rings. The van der Waals surface area contributed by atoms with Gasteiger partial charge in [0.2, 0.25) is 0 Å². The summed E-state index contributed by atoms with van der Waals surface area (Å²) < 4.78 is 5.39. The number of hydrogen-bond donors (Lipinski definition) is 1. The lowest BCUT2D eigenvalue weighted by molar-refractivity contribution is 0.340. The predicted molar refractivity (Wildman–Crippen MR) is 76.7 cm³/mol. The van der Waals surface area contributed by atoms with Crippen molar-refractivity contribution in [3.63, 3.8) is 0 Å². The fourth-order valence-electron chi connectivity index (χ4n) is 1.68. The summed E-state index contributed by atoms with van der Waals surface area (Å²) in [5, 5.41) is 3.87. The molecule has 2 aromatic rings. The van der Waals surface area contributed by atoms with Gasteiger partial charge in [-0.2, -0.15) is 0 Å². The molecule has 0 radical (unpaired) electrons.